The van der Waals surface area contributed by atoms with Gasteiger partial charge in [-0.15, -0.1) is 0 Å². The molecule has 7 heteroatoms. The van der Waals surface area contributed by atoms with Gasteiger partial charge in [-0.1, -0.05) is 0 Å². The van der Waals surface area contributed by atoms with Gasteiger partial charge in [0.25, 0.3) is 0 Å². The molecule has 20 heavy (non-hydrogen) atoms. The largest absolute Gasteiger partial charge is 0.411 e. The van der Waals surface area contributed by atoms with E-state index < -0.39 is 19.4 Å². The van der Waals surface area contributed by atoms with Crippen molar-refractivity contribution >= 4 is 5.91 Å². The van der Waals surface area contributed by atoms with Crippen LogP contribution < -0.4 is 0 Å². The molecule has 0 saturated carbocycles. The summed E-state index contributed by atoms with van der Waals surface area (Å²) in [5.41, 5.74) is 0. The highest BCUT2D eigenvalue weighted by Gasteiger charge is 2.38. The monoisotopic (exact) mass is 294 g/mol. The molecular formula is C13H21F3N2O2. The minimum atomic E-state index is -4.38. The second kappa shape index (κ2) is 6.30. The lowest BCUT2D eigenvalue weighted by molar-refractivity contribution is -0.178. The number of halogens is 3. The molecule has 0 aromatic heterocycles. The SMILES string of the molecule is CN1CCC[C@@H]1[C@@H]1CCCN1C(=O)COCC(F)(F)F. The number of carbonyl (C=O) groups is 1. The van der Waals surface area contributed by atoms with E-state index in [9.17, 15) is 18.0 Å². The standard InChI is InChI=1S/C13H21F3N2O2/c1-17-6-2-4-10(17)11-5-3-7-18(11)12(19)8-20-9-13(14,15)16/h10-11H,2-9H2,1H3/t10-,11+/m1/s1. The van der Waals surface area contributed by atoms with Crippen LogP contribution in [0.25, 0.3) is 0 Å². The smallest absolute Gasteiger partial charge is 0.362 e. The first kappa shape index (κ1) is 15.6. The molecule has 2 aliphatic heterocycles. The molecule has 2 heterocycles. The zero-order valence-electron chi connectivity index (χ0n) is 11.7. The lowest BCUT2D eigenvalue weighted by Crippen LogP contribution is -2.48. The zero-order chi connectivity index (χ0) is 14.8. The molecule has 0 aliphatic carbocycles. The topological polar surface area (TPSA) is 32.8 Å². The summed E-state index contributed by atoms with van der Waals surface area (Å²) < 4.78 is 40.5. The van der Waals surface area contributed by atoms with E-state index in [2.05, 4.69) is 9.64 Å². The predicted octanol–water partition coefficient (Wildman–Crippen LogP) is 1.65. The van der Waals surface area contributed by atoms with Crippen LogP contribution in [0.5, 0.6) is 0 Å². The number of likely N-dealkylation sites (N-methyl/N-ethyl adjacent to an activating group) is 1. The van der Waals surface area contributed by atoms with Gasteiger partial charge in [0.15, 0.2) is 0 Å². The highest BCUT2D eigenvalue weighted by atomic mass is 19.4. The van der Waals surface area contributed by atoms with Crippen LogP contribution in [-0.2, 0) is 9.53 Å². The number of amides is 1. The zero-order valence-corrected chi connectivity index (χ0v) is 11.7. The summed E-state index contributed by atoms with van der Waals surface area (Å²) in [5, 5.41) is 0. The van der Waals surface area contributed by atoms with Gasteiger partial charge in [-0.05, 0) is 39.3 Å². The van der Waals surface area contributed by atoms with Gasteiger partial charge in [0.2, 0.25) is 5.91 Å². The number of hydrogen-bond donors (Lipinski definition) is 0. The first-order valence-corrected chi connectivity index (χ1v) is 7.03. The van der Waals surface area contributed by atoms with Crippen molar-refractivity contribution in [2.24, 2.45) is 0 Å². The molecule has 2 atom stereocenters. The molecule has 0 aromatic rings. The Morgan fingerprint density at radius 2 is 1.85 bits per heavy atom. The third-order valence-electron chi connectivity index (χ3n) is 4.13. The average Bonchev–Trinajstić information content (AvgIpc) is 2.94. The van der Waals surface area contributed by atoms with Gasteiger partial charge in [-0.3, -0.25) is 4.79 Å². The van der Waals surface area contributed by atoms with E-state index in [1.54, 1.807) is 4.90 Å². The van der Waals surface area contributed by atoms with Crippen LogP contribution in [0.4, 0.5) is 13.2 Å². The minimum Gasteiger partial charge on any atom is -0.362 e. The normalized spacial score (nSPS) is 28.3. The van der Waals surface area contributed by atoms with Crippen LogP contribution in [0.15, 0.2) is 0 Å². The number of ether oxygens (including phenoxy) is 1. The molecule has 0 radical (unpaired) electrons. The molecule has 116 valence electrons. The summed E-state index contributed by atoms with van der Waals surface area (Å²) in [6, 6.07) is 0.466. The Morgan fingerprint density at radius 1 is 1.20 bits per heavy atom. The van der Waals surface area contributed by atoms with Gasteiger partial charge < -0.3 is 14.5 Å². The molecule has 1 amide bonds. The van der Waals surface area contributed by atoms with Crippen molar-refractivity contribution in [3.05, 3.63) is 0 Å². The van der Waals surface area contributed by atoms with Crippen LogP contribution in [0.3, 0.4) is 0 Å². The van der Waals surface area contributed by atoms with Gasteiger partial charge in [-0.25, -0.2) is 0 Å². The second-order valence-electron chi connectivity index (χ2n) is 5.59. The fraction of sp³-hybridized carbons (Fsp3) is 0.923. The van der Waals surface area contributed by atoms with Crippen LogP contribution in [0.2, 0.25) is 0 Å². The van der Waals surface area contributed by atoms with E-state index in [0.29, 0.717) is 12.6 Å². The highest BCUT2D eigenvalue weighted by molar-refractivity contribution is 5.78. The third kappa shape index (κ3) is 3.85. The van der Waals surface area contributed by atoms with E-state index in [1.165, 1.54) is 0 Å². The predicted molar refractivity (Wildman–Crippen MR) is 67.3 cm³/mol. The first-order chi connectivity index (χ1) is 9.38. The van der Waals surface area contributed by atoms with E-state index in [4.69, 9.17) is 0 Å². The molecule has 2 aliphatic rings. The number of carbonyl (C=O) groups excluding carboxylic acids is 1. The van der Waals surface area contributed by atoms with E-state index in [-0.39, 0.29) is 11.9 Å². The maximum Gasteiger partial charge on any atom is 0.411 e. The Labute approximate surface area is 116 Å². The van der Waals surface area contributed by atoms with Crippen molar-refractivity contribution in [2.45, 2.75) is 43.9 Å². The molecule has 0 bridgehead atoms. The second-order valence-corrected chi connectivity index (χ2v) is 5.59. The quantitative estimate of drug-likeness (QED) is 0.790. The Morgan fingerprint density at radius 3 is 2.45 bits per heavy atom. The number of rotatable bonds is 4. The Hall–Kier alpha value is -0.820. The van der Waals surface area contributed by atoms with Crippen LogP contribution >= 0.6 is 0 Å². The summed E-state index contributed by atoms with van der Waals surface area (Å²) in [6.07, 6.45) is -0.366. The third-order valence-corrected chi connectivity index (χ3v) is 4.13. The fourth-order valence-corrected chi connectivity index (χ4v) is 3.26. The summed E-state index contributed by atoms with van der Waals surface area (Å²) in [4.78, 5) is 16.0. The molecule has 0 spiro atoms. The molecule has 2 rings (SSSR count). The molecule has 0 aromatic carbocycles. The Kier molecular flexibility index (Phi) is 4.90. The van der Waals surface area contributed by atoms with Crippen molar-refractivity contribution in [3.8, 4) is 0 Å². The van der Waals surface area contributed by atoms with Crippen molar-refractivity contribution in [3.63, 3.8) is 0 Å². The van der Waals surface area contributed by atoms with Crippen molar-refractivity contribution in [1.82, 2.24) is 9.80 Å². The highest BCUT2D eigenvalue weighted by Crippen LogP contribution is 2.29. The minimum absolute atomic E-state index is 0.129. The average molecular weight is 294 g/mol. The maximum absolute atomic E-state index is 12.0. The van der Waals surface area contributed by atoms with Crippen molar-refractivity contribution in [2.75, 3.05) is 33.4 Å². The molecule has 0 N–H and O–H groups in total. The maximum atomic E-state index is 12.0. The fourth-order valence-electron chi connectivity index (χ4n) is 3.26. The first-order valence-electron chi connectivity index (χ1n) is 7.03. The Balaban J connectivity index is 1.85. The summed E-state index contributed by atoms with van der Waals surface area (Å²) in [5.74, 6) is -0.322. The summed E-state index contributed by atoms with van der Waals surface area (Å²) in [7, 11) is 2.04. The summed E-state index contributed by atoms with van der Waals surface area (Å²) >= 11 is 0. The van der Waals surface area contributed by atoms with Gasteiger partial charge in [-0.2, -0.15) is 13.2 Å². The van der Waals surface area contributed by atoms with E-state index >= 15 is 0 Å². The molecule has 4 nitrogen and oxygen atoms in total. The van der Waals surface area contributed by atoms with Gasteiger partial charge >= 0.3 is 6.18 Å². The van der Waals surface area contributed by atoms with Crippen LogP contribution in [-0.4, -0.2) is 67.3 Å². The Bertz CT molecular complexity index is 349. The van der Waals surface area contributed by atoms with Crippen LogP contribution in [0, 0.1) is 0 Å². The summed E-state index contributed by atoms with van der Waals surface area (Å²) in [6.45, 7) is -0.190. The number of nitrogens with zero attached hydrogens (tertiary/aromatic N) is 2. The molecule has 2 fully saturated rings. The van der Waals surface area contributed by atoms with Crippen molar-refractivity contribution in [1.29, 1.82) is 0 Å². The molecule has 2 saturated heterocycles. The lowest BCUT2D eigenvalue weighted by atomic mass is 10.0. The van der Waals surface area contributed by atoms with Crippen LogP contribution in [0.1, 0.15) is 25.7 Å². The number of hydrogen-bond acceptors (Lipinski definition) is 3. The number of alkyl halides is 3. The van der Waals surface area contributed by atoms with E-state index in [0.717, 1.165) is 32.2 Å². The van der Waals surface area contributed by atoms with Gasteiger partial charge in [0.05, 0.1) is 0 Å². The molecule has 0 unspecified atom stereocenters. The lowest BCUT2D eigenvalue weighted by Gasteiger charge is -2.33. The van der Waals surface area contributed by atoms with E-state index in [1.807, 2.05) is 7.05 Å². The van der Waals surface area contributed by atoms with Crippen molar-refractivity contribution < 1.29 is 22.7 Å². The van der Waals surface area contributed by atoms with Gasteiger partial charge in [0.1, 0.15) is 13.2 Å². The van der Waals surface area contributed by atoms with Gasteiger partial charge in [0, 0.05) is 18.6 Å². The number of likely N-dealkylation sites (tertiary alicyclic amines) is 2. The molecular weight excluding hydrogens is 273 g/mol.